The Balaban J connectivity index is 1.08. The summed E-state index contributed by atoms with van der Waals surface area (Å²) in [6.45, 7) is 5.31. The number of benzene rings is 2. The highest BCUT2D eigenvalue weighted by Gasteiger charge is 2.37. The molecule has 0 unspecified atom stereocenters. The first-order valence-corrected chi connectivity index (χ1v) is 17.2. The van der Waals surface area contributed by atoms with Crippen LogP contribution < -0.4 is 10.6 Å². The average Bonchev–Trinajstić information content (AvgIpc) is 3.94. The number of amides is 4. The van der Waals surface area contributed by atoms with Gasteiger partial charge in [0.05, 0.1) is 50.6 Å². The summed E-state index contributed by atoms with van der Waals surface area (Å²) in [4.78, 5) is 69.3. The minimum atomic E-state index is -0.685. The van der Waals surface area contributed by atoms with Crippen molar-refractivity contribution in [1.29, 1.82) is 0 Å². The number of aromatic amines is 2. The van der Waals surface area contributed by atoms with Gasteiger partial charge in [-0.3, -0.25) is 9.59 Å². The summed E-state index contributed by atoms with van der Waals surface area (Å²) >= 11 is 0. The molecule has 0 spiro atoms. The molecule has 14 heteroatoms. The van der Waals surface area contributed by atoms with Crippen molar-refractivity contribution in [2.24, 2.45) is 5.92 Å². The predicted octanol–water partition coefficient (Wildman–Crippen LogP) is 5.02. The van der Waals surface area contributed by atoms with Crippen LogP contribution in [0.3, 0.4) is 0 Å². The second kappa shape index (κ2) is 15.5. The SMILES string of the molecule is COC(=O)N[C@H](C(=O)N1CCC[C@H]1c1ncc(-c2ccc(-c3ccc(-c4cnc(CN5CCC[C@@H](NC(=O)OC)C5=O)[nH]4)cc3)cc2)[nH]1)C(C)C. The number of ether oxygens (including phenoxy) is 2. The van der Waals surface area contributed by atoms with Gasteiger partial charge in [-0.25, -0.2) is 19.6 Å². The van der Waals surface area contributed by atoms with Crippen LogP contribution in [-0.2, 0) is 25.6 Å². The predicted molar refractivity (Wildman–Crippen MR) is 189 cm³/mol. The molecule has 51 heavy (non-hydrogen) atoms. The summed E-state index contributed by atoms with van der Waals surface area (Å²) in [7, 11) is 2.57. The molecular formula is C37H44N8O6. The zero-order valence-electron chi connectivity index (χ0n) is 29.3. The molecule has 2 saturated heterocycles. The van der Waals surface area contributed by atoms with Crippen molar-refractivity contribution in [2.45, 2.75) is 64.2 Å². The zero-order chi connectivity index (χ0) is 36.1. The second-order valence-corrected chi connectivity index (χ2v) is 13.2. The molecule has 2 fully saturated rings. The van der Waals surface area contributed by atoms with Crippen molar-refractivity contribution in [1.82, 2.24) is 40.4 Å². The van der Waals surface area contributed by atoms with Crippen molar-refractivity contribution in [3.05, 3.63) is 72.6 Å². The quantitative estimate of drug-likeness (QED) is 0.179. The lowest BCUT2D eigenvalue weighted by Crippen LogP contribution is -2.51. The molecule has 2 aliphatic heterocycles. The molecular weight excluding hydrogens is 652 g/mol. The monoisotopic (exact) mass is 696 g/mol. The number of aromatic nitrogens is 4. The third-order valence-electron chi connectivity index (χ3n) is 9.54. The summed E-state index contributed by atoms with van der Waals surface area (Å²) in [5.41, 5.74) is 5.75. The Labute approximate surface area is 296 Å². The minimum Gasteiger partial charge on any atom is -0.453 e. The van der Waals surface area contributed by atoms with Crippen LogP contribution in [0.15, 0.2) is 60.9 Å². The van der Waals surface area contributed by atoms with Crippen molar-refractivity contribution in [3.8, 4) is 33.6 Å². The lowest BCUT2D eigenvalue weighted by molar-refractivity contribution is -0.136. The van der Waals surface area contributed by atoms with Gasteiger partial charge in [0, 0.05) is 13.1 Å². The van der Waals surface area contributed by atoms with E-state index in [4.69, 9.17) is 4.74 Å². The van der Waals surface area contributed by atoms with Crippen LogP contribution in [0.2, 0.25) is 0 Å². The molecule has 6 rings (SSSR count). The van der Waals surface area contributed by atoms with E-state index in [9.17, 15) is 19.2 Å². The van der Waals surface area contributed by atoms with Crippen LogP contribution in [0.5, 0.6) is 0 Å². The topological polar surface area (TPSA) is 175 Å². The number of rotatable bonds is 10. The Bertz CT molecular complexity index is 1850. The Morgan fingerprint density at radius 3 is 2.04 bits per heavy atom. The van der Waals surface area contributed by atoms with E-state index < -0.39 is 24.3 Å². The number of methoxy groups -OCH3 is 2. The lowest BCUT2D eigenvalue weighted by Gasteiger charge is -2.31. The van der Waals surface area contributed by atoms with Crippen LogP contribution in [0.4, 0.5) is 9.59 Å². The lowest BCUT2D eigenvalue weighted by atomic mass is 10.0. The first kappa shape index (κ1) is 35.2. The van der Waals surface area contributed by atoms with Crippen LogP contribution in [0, 0.1) is 5.92 Å². The Morgan fingerprint density at radius 1 is 0.824 bits per heavy atom. The molecule has 3 atom stereocenters. The molecule has 0 saturated carbocycles. The zero-order valence-corrected chi connectivity index (χ0v) is 29.3. The Morgan fingerprint density at radius 2 is 1.41 bits per heavy atom. The number of hydrogen-bond donors (Lipinski definition) is 4. The number of nitrogens with one attached hydrogen (secondary N) is 4. The van der Waals surface area contributed by atoms with Gasteiger partial charge in [0.2, 0.25) is 11.8 Å². The van der Waals surface area contributed by atoms with Gasteiger partial charge in [0.15, 0.2) is 0 Å². The fourth-order valence-electron chi connectivity index (χ4n) is 6.73. The fourth-order valence-corrected chi connectivity index (χ4v) is 6.73. The Kier molecular flexibility index (Phi) is 10.7. The third kappa shape index (κ3) is 7.89. The van der Waals surface area contributed by atoms with E-state index in [2.05, 4.69) is 59.6 Å². The fraction of sp³-hybridized carbons (Fsp3) is 0.405. The molecule has 14 nitrogen and oxygen atoms in total. The molecule has 0 aliphatic carbocycles. The summed E-state index contributed by atoms with van der Waals surface area (Å²) in [5, 5.41) is 5.30. The molecule has 4 aromatic rings. The highest BCUT2D eigenvalue weighted by atomic mass is 16.5. The number of piperidine rings is 1. The van der Waals surface area contributed by atoms with E-state index in [0.29, 0.717) is 31.9 Å². The molecule has 268 valence electrons. The van der Waals surface area contributed by atoms with Gasteiger partial charge in [-0.05, 0) is 53.9 Å². The Hall–Kier alpha value is -5.66. The summed E-state index contributed by atoms with van der Waals surface area (Å²) in [5.74, 6) is 1.00. The van der Waals surface area contributed by atoms with Crippen molar-refractivity contribution < 1.29 is 28.7 Å². The van der Waals surface area contributed by atoms with E-state index >= 15 is 0 Å². The molecule has 0 bridgehead atoms. The molecule has 4 amide bonds. The maximum absolute atomic E-state index is 13.5. The first-order valence-electron chi connectivity index (χ1n) is 17.2. The van der Waals surface area contributed by atoms with Crippen LogP contribution in [-0.4, -0.2) is 93.1 Å². The van der Waals surface area contributed by atoms with Crippen LogP contribution >= 0.6 is 0 Å². The number of hydrogen-bond acceptors (Lipinski definition) is 8. The van der Waals surface area contributed by atoms with Gasteiger partial charge in [0.25, 0.3) is 0 Å². The van der Waals surface area contributed by atoms with E-state index in [-0.39, 0.29) is 23.8 Å². The van der Waals surface area contributed by atoms with Crippen molar-refractivity contribution in [2.75, 3.05) is 27.3 Å². The molecule has 2 aromatic carbocycles. The van der Waals surface area contributed by atoms with Crippen LogP contribution in [0.25, 0.3) is 33.6 Å². The van der Waals surface area contributed by atoms with E-state index in [1.165, 1.54) is 14.2 Å². The maximum atomic E-state index is 13.5. The van der Waals surface area contributed by atoms with Gasteiger partial charge in [-0.1, -0.05) is 62.4 Å². The number of alkyl carbamates (subject to hydrolysis) is 2. The number of nitrogens with zero attached hydrogens (tertiary/aromatic N) is 4. The van der Waals surface area contributed by atoms with Gasteiger partial charge < -0.3 is 39.9 Å². The molecule has 2 aromatic heterocycles. The summed E-state index contributed by atoms with van der Waals surface area (Å²) in [6, 6.07) is 14.9. The largest absolute Gasteiger partial charge is 0.453 e. The molecule has 0 radical (unpaired) electrons. The number of imidazole rings is 2. The van der Waals surface area contributed by atoms with E-state index in [1.807, 2.05) is 38.1 Å². The maximum Gasteiger partial charge on any atom is 0.407 e. The van der Waals surface area contributed by atoms with Gasteiger partial charge in [0.1, 0.15) is 23.7 Å². The average molecular weight is 697 g/mol. The number of likely N-dealkylation sites (tertiary alicyclic amines) is 2. The standard InChI is InChI=1S/C37H44N8O6/c1-22(2)32(43-37(49)51-4)35(47)45-18-6-8-30(45)33-39-20-29(41-33)26-15-11-24(12-16-26)23-9-13-25(14-10-23)28-19-38-31(40-28)21-44-17-5-7-27(34(44)46)42-36(48)50-3/h9-16,19-20,22,27,30,32H,5-8,17-18,21H2,1-4H3,(H,38,40)(H,39,41)(H,42,48)(H,43,49)/t27-,30+,32+/m1/s1. The summed E-state index contributed by atoms with van der Waals surface area (Å²) in [6.07, 6.45) is 5.31. The highest BCUT2D eigenvalue weighted by molar-refractivity contribution is 5.87. The first-order chi connectivity index (χ1) is 24.6. The smallest absolute Gasteiger partial charge is 0.407 e. The molecule has 4 N–H and O–H groups in total. The molecule has 4 heterocycles. The highest BCUT2D eigenvalue weighted by Crippen LogP contribution is 2.33. The number of carbonyl (C=O) groups excluding carboxylic acids is 4. The normalized spacial score (nSPS) is 18.1. The van der Waals surface area contributed by atoms with E-state index in [0.717, 1.165) is 58.7 Å². The van der Waals surface area contributed by atoms with Gasteiger partial charge in [-0.2, -0.15) is 0 Å². The number of carbonyl (C=O) groups is 4. The summed E-state index contributed by atoms with van der Waals surface area (Å²) < 4.78 is 9.39. The van der Waals surface area contributed by atoms with E-state index in [1.54, 1.807) is 22.2 Å². The van der Waals surface area contributed by atoms with Gasteiger partial charge in [-0.15, -0.1) is 0 Å². The molecule has 2 aliphatic rings. The van der Waals surface area contributed by atoms with Crippen molar-refractivity contribution in [3.63, 3.8) is 0 Å². The minimum absolute atomic E-state index is 0.102. The van der Waals surface area contributed by atoms with Crippen LogP contribution in [0.1, 0.15) is 57.2 Å². The number of H-pyrrole nitrogens is 2. The second-order valence-electron chi connectivity index (χ2n) is 13.2. The third-order valence-corrected chi connectivity index (χ3v) is 9.54. The van der Waals surface area contributed by atoms with Crippen molar-refractivity contribution >= 4 is 24.0 Å². The van der Waals surface area contributed by atoms with Gasteiger partial charge >= 0.3 is 12.2 Å².